The van der Waals surface area contributed by atoms with Crippen LogP contribution in [0, 0.1) is 0 Å². The van der Waals surface area contributed by atoms with E-state index in [2.05, 4.69) is 0 Å². The van der Waals surface area contributed by atoms with Crippen LogP contribution in [0.3, 0.4) is 0 Å². The van der Waals surface area contributed by atoms with Crippen molar-refractivity contribution in [2.75, 3.05) is 18.0 Å². The Morgan fingerprint density at radius 1 is 1.29 bits per heavy atom. The van der Waals surface area contributed by atoms with E-state index in [9.17, 15) is 13.2 Å². The van der Waals surface area contributed by atoms with E-state index < -0.39 is 12.3 Å². The standard InChI is InChI=1S/C12H14F3NO/c13-12(14,15)11(17)8-16-7-3-5-9-4-1-2-6-10(9)16/h1-2,4,6,11,17H,3,5,7-8H2. The van der Waals surface area contributed by atoms with Gasteiger partial charge in [-0.1, -0.05) is 18.2 Å². The first kappa shape index (κ1) is 12.2. The smallest absolute Gasteiger partial charge is 0.382 e. The van der Waals surface area contributed by atoms with E-state index in [1.54, 1.807) is 17.0 Å². The lowest BCUT2D eigenvalue weighted by Crippen LogP contribution is -2.43. The van der Waals surface area contributed by atoms with Crippen molar-refractivity contribution in [3.63, 3.8) is 0 Å². The second kappa shape index (κ2) is 4.56. The number of para-hydroxylation sites is 1. The van der Waals surface area contributed by atoms with Crippen molar-refractivity contribution >= 4 is 5.69 Å². The summed E-state index contributed by atoms with van der Waals surface area (Å²) in [5, 5.41) is 9.10. The zero-order valence-corrected chi connectivity index (χ0v) is 9.24. The summed E-state index contributed by atoms with van der Waals surface area (Å²) in [4.78, 5) is 1.61. The summed E-state index contributed by atoms with van der Waals surface area (Å²) in [5.74, 6) is 0. The van der Waals surface area contributed by atoms with Crippen molar-refractivity contribution in [2.45, 2.75) is 25.1 Å². The summed E-state index contributed by atoms with van der Waals surface area (Å²) in [6.07, 6.45) is -5.13. The predicted molar refractivity (Wildman–Crippen MR) is 59.0 cm³/mol. The van der Waals surface area contributed by atoms with Gasteiger partial charge in [-0.3, -0.25) is 0 Å². The molecule has 0 spiro atoms. The van der Waals surface area contributed by atoms with Crippen LogP contribution in [0.1, 0.15) is 12.0 Å². The van der Waals surface area contributed by atoms with Gasteiger partial charge >= 0.3 is 6.18 Å². The fourth-order valence-corrected chi connectivity index (χ4v) is 2.11. The average molecular weight is 245 g/mol. The Balaban J connectivity index is 2.14. The van der Waals surface area contributed by atoms with Gasteiger partial charge in [-0.05, 0) is 24.5 Å². The fraction of sp³-hybridized carbons (Fsp3) is 0.500. The Morgan fingerprint density at radius 3 is 2.71 bits per heavy atom. The number of aliphatic hydroxyl groups is 1. The lowest BCUT2D eigenvalue weighted by molar-refractivity contribution is -0.200. The molecule has 0 amide bonds. The number of anilines is 1. The monoisotopic (exact) mass is 245 g/mol. The molecular formula is C12H14F3NO. The van der Waals surface area contributed by atoms with Crippen LogP contribution in [0.4, 0.5) is 18.9 Å². The fourth-order valence-electron chi connectivity index (χ4n) is 2.11. The number of aryl methyl sites for hydroxylation is 1. The van der Waals surface area contributed by atoms with Crippen LogP contribution in [-0.4, -0.2) is 30.5 Å². The van der Waals surface area contributed by atoms with Crippen LogP contribution >= 0.6 is 0 Å². The van der Waals surface area contributed by atoms with Crippen molar-refractivity contribution in [3.05, 3.63) is 29.8 Å². The third-order valence-electron chi connectivity index (χ3n) is 2.98. The first-order valence-corrected chi connectivity index (χ1v) is 5.56. The predicted octanol–water partition coefficient (Wildman–Crippen LogP) is 2.36. The summed E-state index contributed by atoms with van der Waals surface area (Å²) in [6.45, 7) is 0.171. The molecule has 1 aliphatic rings. The van der Waals surface area contributed by atoms with E-state index in [1.807, 2.05) is 12.1 Å². The molecule has 1 aromatic carbocycles. The molecule has 1 unspecified atom stereocenters. The molecule has 0 bridgehead atoms. The van der Waals surface area contributed by atoms with Crippen LogP contribution in [0.5, 0.6) is 0 Å². The van der Waals surface area contributed by atoms with Gasteiger partial charge in [-0.15, -0.1) is 0 Å². The van der Waals surface area contributed by atoms with E-state index in [4.69, 9.17) is 5.11 Å². The number of aliphatic hydroxyl groups excluding tert-OH is 1. The quantitative estimate of drug-likeness (QED) is 0.864. The van der Waals surface area contributed by atoms with Gasteiger partial charge < -0.3 is 10.0 Å². The molecule has 1 heterocycles. The minimum atomic E-state index is -4.55. The highest BCUT2D eigenvalue weighted by Gasteiger charge is 2.39. The number of hydrogen-bond donors (Lipinski definition) is 1. The molecule has 1 aromatic rings. The minimum absolute atomic E-state index is 0.388. The Morgan fingerprint density at radius 2 is 2.00 bits per heavy atom. The molecule has 0 saturated heterocycles. The van der Waals surface area contributed by atoms with Gasteiger partial charge in [0.05, 0.1) is 6.54 Å². The van der Waals surface area contributed by atoms with E-state index >= 15 is 0 Å². The summed E-state index contributed by atoms with van der Waals surface area (Å²) >= 11 is 0. The molecule has 1 aliphatic heterocycles. The number of benzene rings is 1. The minimum Gasteiger partial charge on any atom is -0.382 e. The van der Waals surface area contributed by atoms with E-state index in [-0.39, 0.29) is 6.54 Å². The van der Waals surface area contributed by atoms with E-state index in [1.165, 1.54) is 0 Å². The maximum atomic E-state index is 12.3. The molecule has 2 rings (SSSR count). The maximum absolute atomic E-state index is 12.3. The van der Waals surface area contributed by atoms with Crippen molar-refractivity contribution in [2.24, 2.45) is 0 Å². The first-order valence-electron chi connectivity index (χ1n) is 5.56. The van der Waals surface area contributed by atoms with Crippen LogP contribution in [0.25, 0.3) is 0 Å². The van der Waals surface area contributed by atoms with Gasteiger partial charge in [0, 0.05) is 12.2 Å². The van der Waals surface area contributed by atoms with Crippen molar-refractivity contribution in [3.8, 4) is 0 Å². The molecule has 0 aliphatic carbocycles. The van der Waals surface area contributed by atoms with Gasteiger partial charge in [0.1, 0.15) is 0 Å². The molecule has 0 radical (unpaired) electrons. The highest BCUT2D eigenvalue weighted by atomic mass is 19.4. The molecule has 0 fully saturated rings. The molecule has 1 N–H and O–H groups in total. The molecule has 1 atom stereocenters. The van der Waals surface area contributed by atoms with Crippen LogP contribution in [0.2, 0.25) is 0 Å². The molecule has 0 aromatic heterocycles. The summed E-state index contributed by atoms with van der Waals surface area (Å²) in [5.41, 5.74) is 1.86. The van der Waals surface area contributed by atoms with Crippen molar-refractivity contribution in [1.82, 2.24) is 0 Å². The second-order valence-electron chi connectivity index (χ2n) is 4.24. The lowest BCUT2D eigenvalue weighted by Gasteiger charge is -2.33. The highest BCUT2D eigenvalue weighted by molar-refractivity contribution is 5.55. The SMILES string of the molecule is OC(CN1CCCc2ccccc21)C(F)(F)F. The van der Waals surface area contributed by atoms with Gasteiger partial charge in [0.15, 0.2) is 6.10 Å². The Bertz CT molecular complexity index is 392. The number of alkyl halides is 3. The number of β-amino-alcohol motifs (C(OH)–C–C–N with tert-alkyl or cyclic N) is 1. The Labute approximate surface area is 97.7 Å². The summed E-state index contributed by atoms with van der Waals surface area (Å²) in [6, 6.07) is 7.40. The second-order valence-corrected chi connectivity index (χ2v) is 4.24. The molecule has 0 saturated carbocycles. The van der Waals surface area contributed by atoms with Crippen LogP contribution in [-0.2, 0) is 6.42 Å². The number of nitrogens with zero attached hydrogens (tertiary/aromatic N) is 1. The summed E-state index contributed by atoms with van der Waals surface area (Å²) in [7, 11) is 0. The van der Waals surface area contributed by atoms with Gasteiger partial charge in [0.25, 0.3) is 0 Å². The molecule has 17 heavy (non-hydrogen) atoms. The summed E-state index contributed by atoms with van der Waals surface area (Å²) < 4.78 is 36.9. The highest BCUT2D eigenvalue weighted by Crippen LogP contribution is 2.29. The van der Waals surface area contributed by atoms with E-state index in [0.29, 0.717) is 6.54 Å². The number of fused-ring (bicyclic) bond motifs is 1. The first-order chi connectivity index (χ1) is 7.98. The zero-order chi connectivity index (χ0) is 12.5. The molecule has 5 heteroatoms. The van der Waals surface area contributed by atoms with Gasteiger partial charge in [-0.2, -0.15) is 13.2 Å². The number of hydrogen-bond acceptors (Lipinski definition) is 2. The largest absolute Gasteiger partial charge is 0.416 e. The Hall–Kier alpha value is -1.23. The normalized spacial score (nSPS) is 17.8. The van der Waals surface area contributed by atoms with Gasteiger partial charge in [0.2, 0.25) is 0 Å². The third-order valence-corrected chi connectivity index (χ3v) is 2.98. The molecule has 2 nitrogen and oxygen atoms in total. The Kier molecular flexibility index (Phi) is 3.28. The average Bonchev–Trinajstić information content (AvgIpc) is 2.28. The zero-order valence-electron chi connectivity index (χ0n) is 9.24. The van der Waals surface area contributed by atoms with Crippen molar-refractivity contribution < 1.29 is 18.3 Å². The van der Waals surface area contributed by atoms with Crippen LogP contribution < -0.4 is 4.90 Å². The molecular weight excluding hydrogens is 231 g/mol. The maximum Gasteiger partial charge on any atom is 0.416 e. The van der Waals surface area contributed by atoms with Gasteiger partial charge in [-0.25, -0.2) is 0 Å². The number of halogens is 3. The molecule has 94 valence electrons. The number of rotatable bonds is 2. The van der Waals surface area contributed by atoms with Crippen LogP contribution in [0.15, 0.2) is 24.3 Å². The lowest BCUT2D eigenvalue weighted by atomic mass is 10.0. The topological polar surface area (TPSA) is 23.5 Å². The van der Waals surface area contributed by atoms with Crippen molar-refractivity contribution in [1.29, 1.82) is 0 Å². The van der Waals surface area contributed by atoms with E-state index in [0.717, 1.165) is 24.1 Å². The third kappa shape index (κ3) is 2.72.